The summed E-state index contributed by atoms with van der Waals surface area (Å²) in [6.07, 6.45) is 0. The number of rotatable bonds is 5. The van der Waals surface area contributed by atoms with E-state index < -0.39 is 0 Å². The Kier molecular flexibility index (Phi) is 4.93. The molecule has 1 aliphatic rings. The Bertz CT molecular complexity index is 620. The lowest BCUT2D eigenvalue weighted by atomic mass is 10.1. The number of hydrogen-bond acceptors (Lipinski definition) is 6. The number of benzene rings is 1. The Labute approximate surface area is 137 Å². The summed E-state index contributed by atoms with van der Waals surface area (Å²) in [6.45, 7) is 8.28. The Morgan fingerprint density at radius 3 is 2.48 bits per heavy atom. The summed E-state index contributed by atoms with van der Waals surface area (Å²) >= 11 is 0. The molecule has 1 aliphatic heterocycles. The van der Waals surface area contributed by atoms with Gasteiger partial charge in [0, 0.05) is 32.2 Å². The maximum atomic E-state index is 5.52. The van der Waals surface area contributed by atoms with Crippen molar-refractivity contribution in [2.24, 2.45) is 0 Å². The Morgan fingerprint density at radius 1 is 1.17 bits per heavy atom. The smallest absolute Gasteiger partial charge is 0.233 e. The van der Waals surface area contributed by atoms with Crippen LogP contribution in [-0.4, -0.2) is 48.4 Å². The maximum Gasteiger partial charge on any atom is 0.233 e. The van der Waals surface area contributed by atoms with Crippen molar-refractivity contribution in [3.05, 3.63) is 41.6 Å². The van der Waals surface area contributed by atoms with Gasteiger partial charge in [-0.3, -0.25) is 4.90 Å². The number of morpholine rings is 1. The molecule has 23 heavy (non-hydrogen) atoms. The molecule has 0 radical (unpaired) electrons. The highest BCUT2D eigenvalue weighted by molar-refractivity contribution is 5.47. The molecular formula is C17H24N4O2. The normalized spacial score (nSPS) is 16.8. The quantitative estimate of drug-likeness (QED) is 0.844. The van der Waals surface area contributed by atoms with Gasteiger partial charge in [0.25, 0.3) is 0 Å². The summed E-state index contributed by atoms with van der Waals surface area (Å²) in [5.74, 6) is 1.27. The summed E-state index contributed by atoms with van der Waals surface area (Å²) in [7, 11) is 2.07. The number of aromatic nitrogens is 2. The van der Waals surface area contributed by atoms with E-state index in [0.29, 0.717) is 11.8 Å². The third-order valence-electron chi connectivity index (χ3n) is 4.30. The van der Waals surface area contributed by atoms with E-state index in [9.17, 15) is 0 Å². The Morgan fingerprint density at radius 2 is 1.87 bits per heavy atom. The molecule has 0 bridgehead atoms. The minimum atomic E-state index is 0.0927. The summed E-state index contributed by atoms with van der Waals surface area (Å²) in [5, 5.41) is 8.01. The van der Waals surface area contributed by atoms with Gasteiger partial charge in [0.1, 0.15) is 0 Å². The Hall–Kier alpha value is -1.92. The SMILES string of the molecule is Cc1nnc([C@@H](C)N(C)Cc2ccc(N3CCOCC3)cc2)o1. The van der Waals surface area contributed by atoms with Crippen molar-refractivity contribution < 1.29 is 9.15 Å². The van der Waals surface area contributed by atoms with Crippen LogP contribution in [0.5, 0.6) is 0 Å². The first-order valence-electron chi connectivity index (χ1n) is 8.05. The van der Waals surface area contributed by atoms with E-state index in [4.69, 9.17) is 9.15 Å². The van der Waals surface area contributed by atoms with Crippen LogP contribution in [0.25, 0.3) is 0 Å². The van der Waals surface area contributed by atoms with Crippen molar-refractivity contribution in [1.82, 2.24) is 15.1 Å². The van der Waals surface area contributed by atoms with Gasteiger partial charge < -0.3 is 14.1 Å². The van der Waals surface area contributed by atoms with Gasteiger partial charge in [-0.05, 0) is 31.7 Å². The van der Waals surface area contributed by atoms with E-state index in [0.717, 1.165) is 32.8 Å². The van der Waals surface area contributed by atoms with Gasteiger partial charge in [-0.1, -0.05) is 12.1 Å². The zero-order valence-corrected chi connectivity index (χ0v) is 14.0. The highest BCUT2D eigenvalue weighted by Gasteiger charge is 2.18. The number of hydrogen-bond donors (Lipinski definition) is 0. The lowest BCUT2D eigenvalue weighted by Gasteiger charge is -2.29. The fourth-order valence-electron chi connectivity index (χ4n) is 2.73. The molecule has 3 rings (SSSR count). The summed E-state index contributed by atoms with van der Waals surface area (Å²) in [5.41, 5.74) is 2.54. The van der Waals surface area contributed by atoms with Crippen molar-refractivity contribution in [2.45, 2.75) is 26.4 Å². The fraction of sp³-hybridized carbons (Fsp3) is 0.529. The highest BCUT2D eigenvalue weighted by Crippen LogP contribution is 2.21. The zero-order chi connectivity index (χ0) is 16.2. The highest BCUT2D eigenvalue weighted by atomic mass is 16.5. The molecule has 0 N–H and O–H groups in total. The van der Waals surface area contributed by atoms with Crippen LogP contribution in [0.3, 0.4) is 0 Å². The minimum Gasteiger partial charge on any atom is -0.424 e. The first kappa shape index (κ1) is 16.0. The second kappa shape index (κ2) is 7.10. The van der Waals surface area contributed by atoms with Crippen molar-refractivity contribution in [3.63, 3.8) is 0 Å². The van der Waals surface area contributed by atoms with Crippen LogP contribution in [0.1, 0.15) is 30.3 Å². The monoisotopic (exact) mass is 316 g/mol. The van der Waals surface area contributed by atoms with E-state index in [1.54, 1.807) is 0 Å². The van der Waals surface area contributed by atoms with Crippen LogP contribution in [0.4, 0.5) is 5.69 Å². The first-order valence-corrected chi connectivity index (χ1v) is 8.05. The van der Waals surface area contributed by atoms with Crippen LogP contribution in [0, 0.1) is 6.92 Å². The van der Waals surface area contributed by atoms with Gasteiger partial charge in [-0.15, -0.1) is 10.2 Å². The van der Waals surface area contributed by atoms with Gasteiger partial charge in [-0.25, -0.2) is 0 Å². The largest absolute Gasteiger partial charge is 0.424 e. The number of anilines is 1. The zero-order valence-electron chi connectivity index (χ0n) is 14.0. The standard InChI is InChI=1S/C17H24N4O2/c1-13(17-19-18-14(2)23-17)20(3)12-15-4-6-16(7-5-15)21-8-10-22-11-9-21/h4-7,13H,8-12H2,1-3H3/t13-/m1/s1. The molecule has 1 saturated heterocycles. The fourth-order valence-corrected chi connectivity index (χ4v) is 2.73. The van der Waals surface area contributed by atoms with Crippen LogP contribution in [0.2, 0.25) is 0 Å². The van der Waals surface area contributed by atoms with Crippen LogP contribution < -0.4 is 4.90 Å². The van der Waals surface area contributed by atoms with Gasteiger partial charge in [0.2, 0.25) is 11.8 Å². The summed E-state index contributed by atoms with van der Waals surface area (Å²) in [4.78, 5) is 4.57. The third-order valence-corrected chi connectivity index (χ3v) is 4.30. The predicted octanol–water partition coefficient (Wildman–Crippen LogP) is 2.41. The molecule has 2 aromatic rings. The van der Waals surface area contributed by atoms with Crippen LogP contribution in [-0.2, 0) is 11.3 Å². The van der Waals surface area contributed by atoms with Crippen molar-refractivity contribution in [3.8, 4) is 0 Å². The molecule has 1 aromatic carbocycles. The van der Waals surface area contributed by atoms with E-state index >= 15 is 0 Å². The molecule has 6 heteroatoms. The molecule has 0 saturated carbocycles. The second-order valence-corrected chi connectivity index (χ2v) is 6.02. The number of ether oxygens (including phenoxy) is 1. The van der Waals surface area contributed by atoms with Crippen molar-refractivity contribution in [1.29, 1.82) is 0 Å². The minimum absolute atomic E-state index is 0.0927. The molecule has 0 spiro atoms. The average molecular weight is 316 g/mol. The van der Waals surface area contributed by atoms with Gasteiger partial charge in [0.05, 0.1) is 19.3 Å². The van der Waals surface area contributed by atoms with Crippen molar-refractivity contribution in [2.75, 3.05) is 38.3 Å². The number of nitrogens with zero attached hydrogens (tertiary/aromatic N) is 4. The van der Waals surface area contributed by atoms with Crippen LogP contribution >= 0.6 is 0 Å². The van der Waals surface area contributed by atoms with Gasteiger partial charge >= 0.3 is 0 Å². The van der Waals surface area contributed by atoms with Gasteiger partial charge in [0.15, 0.2) is 0 Å². The molecule has 2 heterocycles. The van der Waals surface area contributed by atoms with E-state index in [1.807, 2.05) is 6.92 Å². The van der Waals surface area contributed by atoms with Gasteiger partial charge in [-0.2, -0.15) is 0 Å². The molecule has 1 fully saturated rings. The number of aryl methyl sites for hydroxylation is 1. The topological polar surface area (TPSA) is 54.6 Å². The van der Waals surface area contributed by atoms with E-state index in [1.165, 1.54) is 11.3 Å². The Balaban J connectivity index is 1.61. The summed E-state index contributed by atoms with van der Waals surface area (Å²) < 4.78 is 10.9. The molecule has 0 amide bonds. The summed E-state index contributed by atoms with van der Waals surface area (Å²) in [6, 6.07) is 8.85. The average Bonchev–Trinajstić information content (AvgIpc) is 3.02. The second-order valence-electron chi connectivity index (χ2n) is 6.02. The molecule has 1 atom stereocenters. The van der Waals surface area contributed by atoms with E-state index in [2.05, 4.69) is 58.2 Å². The lowest BCUT2D eigenvalue weighted by Crippen LogP contribution is -2.36. The predicted molar refractivity (Wildman–Crippen MR) is 88.4 cm³/mol. The molecule has 0 aliphatic carbocycles. The molecule has 6 nitrogen and oxygen atoms in total. The van der Waals surface area contributed by atoms with E-state index in [-0.39, 0.29) is 6.04 Å². The maximum absolute atomic E-state index is 5.52. The molecule has 1 aromatic heterocycles. The lowest BCUT2D eigenvalue weighted by molar-refractivity contribution is 0.122. The molecule has 124 valence electrons. The molecule has 0 unspecified atom stereocenters. The van der Waals surface area contributed by atoms with Crippen molar-refractivity contribution >= 4 is 5.69 Å². The van der Waals surface area contributed by atoms with Crippen LogP contribution in [0.15, 0.2) is 28.7 Å². The third kappa shape index (κ3) is 3.89. The molecular weight excluding hydrogens is 292 g/mol. The first-order chi connectivity index (χ1) is 11.1.